The molecule has 3 heteroatoms. The van der Waals surface area contributed by atoms with Crippen LogP contribution in [0.4, 0.5) is 0 Å². The molecule has 0 saturated carbocycles. The maximum absolute atomic E-state index is 10.8. The fraction of sp³-hybridized carbons (Fsp3) is 0.647. The van der Waals surface area contributed by atoms with Crippen molar-refractivity contribution in [1.82, 2.24) is 4.90 Å². The normalized spacial score (nSPS) is 24.4. The Bertz CT molecular complexity index is 404. The van der Waals surface area contributed by atoms with Gasteiger partial charge in [-0.15, -0.1) is 0 Å². The molecule has 1 aromatic carbocycles. The van der Waals surface area contributed by atoms with Crippen molar-refractivity contribution in [1.29, 1.82) is 0 Å². The number of aryl methyl sites for hydroxylation is 1. The van der Waals surface area contributed by atoms with E-state index in [9.17, 15) is 5.11 Å². The zero-order chi connectivity index (χ0) is 14.4. The van der Waals surface area contributed by atoms with Crippen LogP contribution < -0.4 is 4.74 Å². The van der Waals surface area contributed by atoms with Gasteiger partial charge in [0.25, 0.3) is 0 Å². The predicted octanol–water partition coefficient (Wildman–Crippen LogP) is 2.86. The van der Waals surface area contributed by atoms with E-state index in [4.69, 9.17) is 4.74 Å². The SMILES string of the molecule is CCN1CCCC(O)(CCc2ccc(OC)cc2)CC1. The lowest BCUT2D eigenvalue weighted by Crippen LogP contribution is -2.31. The van der Waals surface area contributed by atoms with Crippen LogP contribution in [0.25, 0.3) is 0 Å². The third kappa shape index (κ3) is 4.22. The van der Waals surface area contributed by atoms with E-state index in [2.05, 4.69) is 24.0 Å². The monoisotopic (exact) mass is 277 g/mol. The molecule has 1 aromatic rings. The van der Waals surface area contributed by atoms with Crippen LogP contribution in [0.15, 0.2) is 24.3 Å². The van der Waals surface area contributed by atoms with E-state index in [-0.39, 0.29) is 0 Å². The molecule has 0 aromatic heterocycles. The number of rotatable bonds is 5. The summed E-state index contributed by atoms with van der Waals surface area (Å²) < 4.78 is 5.17. The highest BCUT2D eigenvalue weighted by atomic mass is 16.5. The van der Waals surface area contributed by atoms with Crippen LogP contribution in [0.1, 0.15) is 38.2 Å². The summed E-state index contributed by atoms with van der Waals surface area (Å²) in [6.45, 7) is 5.44. The molecule has 20 heavy (non-hydrogen) atoms. The molecule has 0 amide bonds. The van der Waals surface area contributed by atoms with Crippen LogP contribution in [0.3, 0.4) is 0 Å². The summed E-state index contributed by atoms with van der Waals surface area (Å²) in [6, 6.07) is 8.17. The highest BCUT2D eigenvalue weighted by molar-refractivity contribution is 5.27. The summed E-state index contributed by atoms with van der Waals surface area (Å²) in [5.74, 6) is 0.889. The number of hydrogen-bond donors (Lipinski definition) is 1. The molecule has 1 aliphatic heterocycles. The number of benzene rings is 1. The van der Waals surface area contributed by atoms with Gasteiger partial charge in [-0.3, -0.25) is 0 Å². The minimum Gasteiger partial charge on any atom is -0.497 e. The first kappa shape index (κ1) is 15.3. The average molecular weight is 277 g/mol. The summed E-state index contributed by atoms with van der Waals surface area (Å²) in [4.78, 5) is 2.44. The molecule has 1 saturated heterocycles. The Morgan fingerprint density at radius 2 is 1.95 bits per heavy atom. The van der Waals surface area contributed by atoms with Crippen molar-refractivity contribution in [3.05, 3.63) is 29.8 Å². The van der Waals surface area contributed by atoms with Crippen LogP contribution in [0.2, 0.25) is 0 Å². The number of nitrogens with zero attached hydrogens (tertiary/aromatic N) is 1. The van der Waals surface area contributed by atoms with Crippen molar-refractivity contribution >= 4 is 0 Å². The van der Waals surface area contributed by atoms with Gasteiger partial charge >= 0.3 is 0 Å². The summed E-state index contributed by atoms with van der Waals surface area (Å²) in [5.41, 5.74) is 0.792. The fourth-order valence-corrected chi connectivity index (χ4v) is 2.97. The van der Waals surface area contributed by atoms with E-state index in [0.717, 1.165) is 57.5 Å². The molecule has 1 N–H and O–H groups in total. The highest BCUT2D eigenvalue weighted by Gasteiger charge is 2.29. The Morgan fingerprint density at radius 3 is 2.60 bits per heavy atom. The number of likely N-dealkylation sites (tertiary alicyclic amines) is 1. The van der Waals surface area contributed by atoms with Crippen molar-refractivity contribution in [3.63, 3.8) is 0 Å². The molecular formula is C17H27NO2. The molecule has 3 nitrogen and oxygen atoms in total. The van der Waals surface area contributed by atoms with Gasteiger partial charge in [-0.05, 0) is 62.9 Å². The summed E-state index contributed by atoms with van der Waals surface area (Å²) in [7, 11) is 1.68. The first-order valence-corrected chi connectivity index (χ1v) is 7.73. The molecular weight excluding hydrogens is 250 g/mol. The minimum absolute atomic E-state index is 0.482. The van der Waals surface area contributed by atoms with Crippen molar-refractivity contribution in [2.24, 2.45) is 0 Å². The smallest absolute Gasteiger partial charge is 0.118 e. The van der Waals surface area contributed by atoms with Gasteiger partial charge in [-0.1, -0.05) is 19.1 Å². The molecule has 0 bridgehead atoms. The van der Waals surface area contributed by atoms with Gasteiger partial charge < -0.3 is 14.7 Å². The van der Waals surface area contributed by atoms with Gasteiger partial charge in [0.05, 0.1) is 12.7 Å². The Kier molecular flexibility index (Phi) is 5.44. The van der Waals surface area contributed by atoms with Crippen LogP contribution in [0, 0.1) is 0 Å². The van der Waals surface area contributed by atoms with E-state index in [0.29, 0.717) is 0 Å². The summed E-state index contributed by atoms with van der Waals surface area (Å²) in [6.07, 6.45) is 4.73. The molecule has 1 heterocycles. The lowest BCUT2D eigenvalue weighted by atomic mass is 9.88. The average Bonchev–Trinajstić information content (AvgIpc) is 2.68. The third-order valence-electron chi connectivity index (χ3n) is 4.50. The van der Waals surface area contributed by atoms with Crippen molar-refractivity contribution in [2.75, 3.05) is 26.7 Å². The molecule has 2 rings (SSSR count). The molecule has 1 atom stereocenters. The first-order chi connectivity index (χ1) is 9.65. The number of ether oxygens (including phenoxy) is 1. The Morgan fingerprint density at radius 1 is 1.20 bits per heavy atom. The quantitative estimate of drug-likeness (QED) is 0.898. The van der Waals surface area contributed by atoms with Crippen LogP contribution in [-0.4, -0.2) is 42.4 Å². The summed E-state index contributed by atoms with van der Waals surface area (Å²) in [5, 5.41) is 10.8. The predicted molar refractivity (Wildman–Crippen MR) is 82.2 cm³/mol. The van der Waals surface area contributed by atoms with Crippen molar-refractivity contribution < 1.29 is 9.84 Å². The second-order valence-electron chi connectivity index (χ2n) is 5.86. The summed E-state index contributed by atoms with van der Waals surface area (Å²) >= 11 is 0. The van der Waals surface area contributed by atoms with Gasteiger partial charge in [-0.25, -0.2) is 0 Å². The standard InChI is InChI=1S/C17H27NO2/c1-3-18-13-4-10-17(19,12-14-18)11-9-15-5-7-16(20-2)8-6-15/h5-8,19H,3-4,9-14H2,1-2H3. The molecule has 1 aliphatic rings. The van der Waals surface area contributed by atoms with Gasteiger partial charge in [0.2, 0.25) is 0 Å². The van der Waals surface area contributed by atoms with Crippen LogP contribution in [0.5, 0.6) is 5.75 Å². The van der Waals surface area contributed by atoms with E-state index < -0.39 is 5.60 Å². The Balaban J connectivity index is 1.88. The first-order valence-electron chi connectivity index (χ1n) is 7.73. The maximum Gasteiger partial charge on any atom is 0.118 e. The lowest BCUT2D eigenvalue weighted by Gasteiger charge is -2.27. The molecule has 0 radical (unpaired) electrons. The maximum atomic E-state index is 10.8. The molecule has 112 valence electrons. The molecule has 1 unspecified atom stereocenters. The largest absolute Gasteiger partial charge is 0.497 e. The van der Waals surface area contributed by atoms with Crippen LogP contribution >= 0.6 is 0 Å². The fourth-order valence-electron chi connectivity index (χ4n) is 2.97. The zero-order valence-electron chi connectivity index (χ0n) is 12.8. The van der Waals surface area contributed by atoms with Crippen LogP contribution in [-0.2, 0) is 6.42 Å². The Hall–Kier alpha value is -1.06. The Labute approximate surface area is 122 Å². The number of methoxy groups -OCH3 is 1. The van der Waals surface area contributed by atoms with Gasteiger partial charge in [0, 0.05) is 6.54 Å². The highest BCUT2D eigenvalue weighted by Crippen LogP contribution is 2.27. The lowest BCUT2D eigenvalue weighted by molar-refractivity contribution is 0.0174. The topological polar surface area (TPSA) is 32.7 Å². The molecule has 0 spiro atoms. The molecule has 1 fully saturated rings. The van der Waals surface area contributed by atoms with Gasteiger partial charge in [0.15, 0.2) is 0 Å². The number of hydrogen-bond acceptors (Lipinski definition) is 3. The zero-order valence-corrected chi connectivity index (χ0v) is 12.8. The van der Waals surface area contributed by atoms with Crippen molar-refractivity contribution in [2.45, 2.75) is 44.6 Å². The number of aliphatic hydroxyl groups is 1. The second-order valence-corrected chi connectivity index (χ2v) is 5.86. The second kappa shape index (κ2) is 7.09. The van der Waals surface area contributed by atoms with Gasteiger partial charge in [0.1, 0.15) is 5.75 Å². The molecule has 0 aliphatic carbocycles. The van der Waals surface area contributed by atoms with E-state index >= 15 is 0 Å². The van der Waals surface area contributed by atoms with E-state index in [1.807, 2.05) is 12.1 Å². The van der Waals surface area contributed by atoms with Gasteiger partial charge in [-0.2, -0.15) is 0 Å². The van der Waals surface area contributed by atoms with E-state index in [1.165, 1.54) is 5.56 Å². The van der Waals surface area contributed by atoms with Crippen molar-refractivity contribution in [3.8, 4) is 5.75 Å². The third-order valence-corrected chi connectivity index (χ3v) is 4.50. The minimum atomic E-state index is -0.482. The van der Waals surface area contributed by atoms with E-state index in [1.54, 1.807) is 7.11 Å².